The highest BCUT2D eigenvalue weighted by atomic mass is 35.5. The molecule has 0 atom stereocenters. The van der Waals surface area contributed by atoms with Crippen LogP contribution in [0.4, 0.5) is 17.6 Å². The molecule has 0 fully saturated rings. The molecule has 0 aliphatic rings. The molecule has 25 heavy (non-hydrogen) atoms. The third-order valence-corrected chi connectivity index (χ3v) is 4.75. The van der Waals surface area contributed by atoms with Crippen LogP contribution in [-0.4, -0.2) is 9.78 Å². The maximum atomic E-state index is 14.3. The Hall–Kier alpha value is -2.12. The number of aryl methyl sites for hydroxylation is 1. The van der Waals surface area contributed by atoms with Crippen molar-refractivity contribution < 1.29 is 17.6 Å². The van der Waals surface area contributed by atoms with Crippen molar-refractivity contribution in [3.8, 4) is 10.6 Å². The van der Waals surface area contributed by atoms with Gasteiger partial charge in [0.2, 0.25) is 0 Å². The van der Waals surface area contributed by atoms with Crippen LogP contribution in [0.1, 0.15) is 16.1 Å². The second-order valence-corrected chi connectivity index (χ2v) is 6.79. The first-order valence-corrected chi connectivity index (χ1v) is 8.28. The number of aromatic nitrogens is 2. The highest BCUT2D eigenvalue weighted by Gasteiger charge is 2.34. The molecule has 3 rings (SSSR count). The van der Waals surface area contributed by atoms with Gasteiger partial charge < -0.3 is 0 Å². The average molecular weight is 387 g/mol. The first-order valence-electron chi connectivity index (χ1n) is 7.08. The number of benzene rings is 1. The van der Waals surface area contributed by atoms with Gasteiger partial charge in [-0.1, -0.05) is 23.7 Å². The number of rotatable bonds is 3. The normalized spacial score (nSPS) is 12.6. The Bertz CT molecular complexity index is 923. The van der Waals surface area contributed by atoms with Crippen LogP contribution in [-0.2, 0) is 13.2 Å². The van der Waals surface area contributed by atoms with E-state index in [0.29, 0.717) is 26.0 Å². The second-order valence-electron chi connectivity index (χ2n) is 5.24. The van der Waals surface area contributed by atoms with Gasteiger partial charge in [0.15, 0.2) is 5.69 Å². The minimum Gasteiger partial charge on any atom is -0.267 e. The minimum atomic E-state index is -4.50. The fourth-order valence-corrected chi connectivity index (χ4v) is 3.33. The largest absolute Gasteiger partial charge is 0.435 e. The van der Waals surface area contributed by atoms with Gasteiger partial charge in [0, 0.05) is 22.5 Å². The van der Waals surface area contributed by atoms with Gasteiger partial charge in [-0.15, -0.1) is 11.3 Å². The van der Waals surface area contributed by atoms with Crippen LogP contribution < -0.4 is 0 Å². The van der Waals surface area contributed by atoms with E-state index in [-0.39, 0.29) is 0 Å². The molecule has 130 valence electrons. The van der Waals surface area contributed by atoms with Gasteiger partial charge in [-0.3, -0.25) is 4.68 Å². The lowest BCUT2D eigenvalue weighted by molar-refractivity contribution is -0.141. The van der Waals surface area contributed by atoms with Crippen LogP contribution in [0.15, 0.2) is 42.5 Å². The summed E-state index contributed by atoms with van der Waals surface area (Å²) in [5.41, 5.74) is -0.258. The maximum Gasteiger partial charge on any atom is 0.435 e. The van der Waals surface area contributed by atoms with Crippen LogP contribution in [0.25, 0.3) is 22.5 Å². The van der Waals surface area contributed by atoms with Crippen LogP contribution in [0, 0.1) is 0 Å². The fourth-order valence-electron chi connectivity index (χ4n) is 2.22. The van der Waals surface area contributed by atoms with Crippen molar-refractivity contribution in [3.05, 3.63) is 63.6 Å². The third kappa shape index (κ3) is 3.93. The topological polar surface area (TPSA) is 17.8 Å². The molecule has 2 aromatic heterocycles. The summed E-state index contributed by atoms with van der Waals surface area (Å²) in [6, 6.07) is 10.5. The molecular formula is C17H11ClF4N2S. The van der Waals surface area contributed by atoms with Gasteiger partial charge in [0.05, 0.1) is 10.6 Å². The van der Waals surface area contributed by atoms with Crippen molar-refractivity contribution in [2.24, 2.45) is 7.05 Å². The van der Waals surface area contributed by atoms with Gasteiger partial charge in [0.1, 0.15) is 5.83 Å². The summed E-state index contributed by atoms with van der Waals surface area (Å²) in [6.45, 7) is 0. The monoisotopic (exact) mass is 386 g/mol. The summed E-state index contributed by atoms with van der Waals surface area (Å²) in [4.78, 5) is 1.15. The highest BCUT2D eigenvalue weighted by molar-refractivity contribution is 7.16. The number of alkyl halides is 3. The van der Waals surface area contributed by atoms with Gasteiger partial charge in [0.25, 0.3) is 0 Å². The lowest BCUT2D eigenvalue weighted by Crippen LogP contribution is -2.06. The van der Waals surface area contributed by atoms with Crippen LogP contribution in [0.3, 0.4) is 0 Å². The molecule has 0 bridgehead atoms. The minimum absolute atomic E-state index is 0.323. The fraction of sp³-hybridized carbons (Fsp3) is 0.118. The molecule has 0 unspecified atom stereocenters. The Kier molecular flexibility index (Phi) is 4.71. The number of thiophene rings is 1. The van der Waals surface area contributed by atoms with E-state index in [1.165, 1.54) is 24.5 Å². The molecule has 2 heterocycles. The zero-order valence-corrected chi connectivity index (χ0v) is 14.4. The van der Waals surface area contributed by atoms with E-state index < -0.39 is 17.7 Å². The quantitative estimate of drug-likeness (QED) is 0.484. The predicted molar refractivity (Wildman–Crippen MR) is 92.0 cm³/mol. The van der Waals surface area contributed by atoms with E-state index in [2.05, 4.69) is 5.10 Å². The van der Waals surface area contributed by atoms with Crippen molar-refractivity contribution in [2.45, 2.75) is 6.18 Å². The maximum absolute atomic E-state index is 14.3. The van der Waals surface area contributed by atoms with E-state index in [9.17, 15) is 17.6 Å². The Morgan fingerprint density at radius 3 is 2.44 bits per heavy atom. The second kappa shape index (κ2) is 6.65. The van der Waals surface area contributed by atoms with Crippen LogP contribution in [0.2, 0.25) is 5.02 Å². The predicted octanol–water partition coefficient (Wildman–Crippen LogP) is 6.29. The Morgan fingerprint density at radius 1 is 1.16 bits per heavy atom. The molecule has 0 saturated carbocycles. The number of halogens is 5. The van der Waals surface area contributed by atoms with Crippen molar-refractivity contribution in [2.75, 3.05) is 0 Å². The lowest BCUT2D eigenvalue weighted by Gasteiger charge is -1.99. The van der Waals surface area contributed by atoms with Crippen LogP contribution >= 0.6 is 22.9 Å². The molecule has 8 heteroatoms. The first kappa shape index (κ1) is 17.7. The van der Waals surface area contributed by atoms with Crippen molar-refractivity contribution in [3.63, 3.8) is 0 Å². The molecule has 1 aromatic carbocycles. The average Bonchev–Trinajstić information content (AvgIpc) is 3.14. The summed E-state index contributed by atoms with van der Waals surface area (Å²) >= 11 is 6.95. The number of nitrogens with zero attached hydrogens (tertiary/aromatic N) is 2. The van der Waals surface area contributed by atoms with E-state index in [1.807, 2.05) is 0 Å². The first-order chi connectivity index (χ1) is 11.7. The van der Waals surface area contributed by atoms with Gasteiger partial charge in [-0.2, -0.15) is 18.3 Å². The van der Waals surface area contributed by atoms with Gasteiger partial charge in [-0.05, 0) is 36.4 Å². The van der Waals surface area contributed by atoms with Gasteiger partial charge in [-0.25, -0.2) is 4.39 Å². The molecule has 0 spiro atoms. The molecule has 0 radical (unpaired) electrons. The standard InChI is InChI=1S/C17H11ClF4N2S/c1-24-14(9-16(23-24)17(20,21)22)15-7-6-12(25-15)8-13(19)10-2-4-11(18)5-3-10/h2-9H,1H3/b13-8+. The van der Waals surface area contributed by atoms with E-state index in [4.69, 9.17) is 11.6 Å². The van der Waals surface area contributed by atoms with Crippen molar-refractivity contribution >= 4 is 34.8 Å². The zero-order valence-electron chi connectivity index (χ0n) is 12.8. The van der Waals surface area contributed by atoms with E-state index >= 15 is 0 Å². The number of hydrogen-bond donors (Lipinski definition) is 0. The van der Waals surface area contributed by atoms with Crippen LogP contribution in [0.5, 0.6) is 0 Å². The highest BCUT2D eigenvalue weighted by Crippen LogP contribution is 2.35. The van der Waals surface area contributed by atoms with Gasteiger partial charge >= 0.3 is 6.18 Å². The molecule has 0 aliphatic carbocycles. The molecule has 0 saturated heterocycles. The van der Waals surface area contributed by atoms with E-state index in [1.54, 1.807) is 36.4 Å². The lowest BCUT2D eigenvalue weighted by atomic mass is 10.2. The number of hydrogen-bond acceptors (Lipinski definition) is 2. The summed E-state index contributed by atoms with van der Waals surface area (Å²) in [6.07, 6.45) is -3.17. The Balaban J connectivity index is 1.89. The third-order valence-electron chi connectivity index (χ3n) is 3.44. The zero-order chi connectivity index (χ0) is 18.2. The molecule has 0 amide bonds. The summed E-state index contributed by atoms with van der Waals surface area (Å²) in [5.74, 6) is -0.453. The molecule has 0 aliphatic heterocycles. The SMILES string of the molecule is Cn1nc(C(F)(F)F)cc1-c1ccc(/C=C(/F)c2ccc(Cl)cc2)s1. The van der Waals surface area contributed by atoms with Crippen molar-refractivity contribution in [1.29, 1.82) is 0 Å². The molecular weight excluding hydrogens is 376 g/mol. The molecule has 2 nitrogen and oxygen atoms in total. The summed E-state index contributed by atoms with van der Waals surface area (Å²) in [7, 11) is 1.44. The summed E-state index contributed by atoms with van der Waals surface area (Å²) in [5, 5.41) is 3.99. The van der Waals surface area contributed by atoms with E-state index in [0.717, 1.165) is 10.7 Å². The summed E-state index contributed by atoms with van der Waals surface area (Å²) < 4.78 is 53.7. The molecule has 3 aromatic rings. The Labute approximate surface area is 150 Å². The molecule has 0 N–H and O–H groups in total. The smallest absolute Gasteiger partial charge is 0.267 e. The Morgan fingerprint density at radius 2 is 1.84 bits per heavy atom. The van der Waals surface area contributed by atoms with Crippen molar-refractivity contribution in [1.82, 2.24) is 9.78 Å².